The normalized spacial score (nSPS) is 19.1. The number of carbonyl (C=O) groups excluding carboxylic acids is 1. The van der Waals surface area contributed by atoms with Crippen molar-refractivity contribution in [3.8, 4) is 0 Å². The van der Waals surface area contributed by atoms with E-state index < -0.39 is 0 Å². The molecule has 1 rings (SSSR count). The van der Waals surface area contributed by atoms with Gasteiger partial charge in [-0.2, -0.15) is 0 Å². The maximum absolute atomic E-state index is 11.6. The van der Waals surface area contributed by atoms with Crippen molar-refractivity contribution in [3.05, 3.63) is 0 Å². The van der Waals surface area contributed by atoms with Gasteiger partial charge < -0.3 is 10.2 Å². The summed E-state index contributed by atoms with van der Waals surface area (Å²) in [6, 6.07) is 0.439. The van der Waals surface area contributed by atoms with Gasteiger partial charge >= 0.3 is 0 Å². The molecule has 0 heterocycles. The fraction of sp³-hybridized carbons (Fsp3) is 0.917. The quantitative estimate of drug-likeness (QED) is 0.749. The molecule has 1 amide bonds. The van der Waals surface area contributed by atoms with Crippen LogP contribution in [0.25, 0.3) is 0 Å². The van der Waals surface area contributed by atoms with E-state index in [2.05, 4.69) is 38.2 Å². The Morgan fingerprint density at radius 2 is 2.00 bits per heavy atom. The third-order valence-electron chi connectivity index (χ3n) is 3.39. The Morgan fingerprint density at radius 3 is 2.33 bits per heavy atom. The highest BCUT2D eigenvalue weighted by Crippen LogP contribution is 2.26. The smallest absolute Gasteiger partial charge is 0.223 e. The summed E-state index contributed by atoms with van der Waals surface area (Å²) in [7, 11) is 4.14. The molecule has 0 aromatic rings. The van der Waals surface area contributed by atoms with E-state index in [1.807, 2.05) is 0 Å². The molecule has 1 atom stereocenters. The monoisotopic (exact) mass is 212 g/mol. The molecule has 0 radical (unpaired) electrons. The molecule has 1 fully saturated rings. The van der Waals surface area contributed by atoms with Crippen LogP contribution >= 0.6 is 0 Å². The molecule has 1 saturated carbocycles. The van der Waals surface area contributed by atoms with Crippen molar-refractivity contribution >= 4 is 5.91 Å². The van der Waals surface area contributed by atoms with Gasteiger partial charge in [0.1, 0.15) is 0 Å². The van der Waals surface area contributed by atoms with Gasteiger partial charge in [-0.25, -0.2) is 0 Å². The van der Waals surface area contributed by atoms with E-state index >= 15 is 0 Å². The number of nitrogens with zero attached hydrogens (tertiary/aromatic N) is 1. The first kappa shape index (κ1) is 12.5. The van der Waals surface area contributed by atoms with Gasteiger partial charge in [-0.05, 0) is 32.9 Å². The number of hydrogen-bond acceptors (Lipinski definition) is 2. The average Bonchev–Trinajstić information content (AvgIpc) is 1.99. The molecule has 0 aromatic heterocycles. The molecule has 88 valence electrons. The highest BCUT2D eigenvalue weighted by molar-refractivity contribution is 5.79. The highest BCUT2D eigenvalue weighted by Gasteiger charge is 2.26. The van der Waals surface area contributed by atoms with Gasteiger partial charge in [-0.1, -0.05) is 20.3 Å². The lowest BCUT2D eigenvalue weighted by atomic mass is 9.85. The molecule has 0 aromatic carbocycles. The Labute approximate surface area is 93.2 Å². The maximum atomic E-state index is 11.6. The van der Waals surface area contributed by atoms with E-state index in [0.29, 0.717) is 17.9 Å². The van der Waals surface area contributed by atoms with Crippen LogP contribution in [0.4, 0.5) is 0 Å². The van der Waals surface area contributed by atoms with Crippen molar-refractivity contribution in [1.82, 2.24) is 10.2 Å². The summed E-state index contributed by atoms with van der Waals surface area (Å²) in [5.41, 5.74) is 0. The van der Waals surface area contributed by atoms with Gasteiger partial charge in [0, 0.05) is 18.5 Å². The Kier molecular flexibility index (Phi) is 4.58. The summed E-state index contributed by atoms with van der Waals surface area (Å²) in [6.07, 6.45) is 3.39. The van der Waals surface area contributed by atoms with E-state index in [9.17, 15) is 4.79 Å². The lowest BCUT2D eigenvalue weighted by Gasteiger charge is -2.30. The lowest BCUT2D eigenvalue weighted by Crippen LogP contribution is -2.45. The number of hydrogen-bond donors (Lipinski definition) is 1. The SMILES string of the molecule is CC(C)[C@@H](CNC(=O)C1CCC1)N(C)C. The molecule has 1 N–H and O–H groups in total. The third-order valence-corrected chi connectivity index (χ3v) is 3.39. The van der Waals surface area contributed by atoms with Crippen molar-refractivity contribution < 1.29 is 4.79 Å². The molecule has 0 unspecified atom stereocenters. The summed E-state index contributed by atoms with van der Waals surface area (Å²) in [5, 5.41) is 3.07. The Morgan fingerprint density at radius 1 is 1.40 bits per heavy atom. The fourth-order valence-electron chi connectivity index (χ4n) is 2.03. The van der Waals surface area contributed by atoms with Gasteiger partial charge in [-0.15, -0.1) is 0 Å². The van der Waals surface area contributed by atoms with Crippen LogP contribution in [0, 0.1) is 11.8 Å². The van der Waals surface area contributed by atoms with Crippen molar-refractivity contribution in [3.63, 3.8) is 0 Å². The molecule has 3 heteroatoms. The summed E-state index contributed by atoms with van der Waals surface area (Å²) < 4.78 is 0. The van der Waals surface area contributed by atoms with Gasteiger partial charge in [0.25, 0.3) is 0 Å². The second-order valence-corrected chi connectivity index (χ2v) is 5.15. The largest absolute Gasteiger partial charge is 0.354 e. The van der Waals surface area contributed by atoms with Crippen molar-refractivity contribution in [2.45, 2.75) is 39.2 Å². The number of amides is 1. The summed E-state index contributed by atoms with van der Waals surface area (Å²) in [5.74, 6) is 1.13. The van der Waals surface area contributed by atoms with E-state index in [1.165, 1.54) is 6.42 Å². The number of nitrogens with one attached hydrogen (secondary N) is 1. The number of rotatable bonds is 5. The molecule has 1 aliphatic rings. The van der Waals surface area contributed by atoms with Gasteiger partial charge in [0.2, 0.25) is 5.91 Å². The van der Waals surface area contributed by atoms with Crippen LogP contribution < -0.4 is 5.32 Å². The van der Waals surface area contributed by atoms with E-state index in [-0.39, 0.29) is 5.91 Å². The predicted molar refractivity (Wildman–Crippen MR) is 62.7 cm³/mol. The van der Waals surface area contributed by atoms with Crippen molar-refractivity contribution in [2.75, 3.05) is 20.6 Å². The van der Waals surface area contributed by atoms with Gasteiger partial charge in [0.15, 0.2) is 0 Å². The minimum Gasteiger partial charge on any atom is -0.354 e. The highest BCUT2D eigenvalue weighted by atomic mass is 16.1. The van der Waals surface area contributed by atoms with Crippen LogP contribution in [-0.2, 0) is 4.79 Å². The summed E-state index contributed by atoms with van der Waals surface area (Å²) >= 11 is 0. The van der Waals surface area contributed by atoms with Crippen LogP contribution in [0.3, 0.4) is 0 Å². The van der Waals surface area contributed by atoms with Crippen molar-refractivity contribution in [2.24, 2.45) is 11.8 Å². The van der Waals surface area contributed by atoms with Crippen LogP contribution in [0.5, 0.6) is 0 Å². The molecule has 0 bridgehead atoms. The third kappa shape index (κ3) is 3.49. The Balaban J connectivity index is 2.29. The number of likely N-dealkylation sites (N-methyl/N-ethyl adjacent to an activating group) is 1. The summed E-state index contributed by atoms with van der Waals surface area (Å²) in [6.45, 7) is 5.17. The second-order valence-electron chi connectivity index (χ2n) is 5.15. The lowest BCUT2D eigenvalue weighted by molar-refractivity contribution is -0.127. The van der Waals surface area contributed by atoms with Crippen molar-refractivity contribution in [1.29, 1.82) is 0 Å². The van der Waals surface area contributed by atoms with E-state index in [0.717, 1.165) is 19.4 Å². The minimum atomic E-state index is 0.258. The Bertz CT molecular complexity index is 202. The molecule has 3 nitrogen and oxygen atoms in total. The first-order valence-electron chi connectivity index (χ1n) is 5.96. The van der Waals surface area contributed by atoms with Gasteiger partial charge in [-0.3, -0.25) is 4.79 Å². The zero-order valence-corrected chi connectivity index (χ0v) is 10.4. The fourth-order valence-corrected chi connectivity index (χ4v) is 2.03. The zero-order chi connectivity index (χ0) is 11.4. The zero-order valence-electron chi connectivity index (χ0n) is 10.4. The predicted octanol–water partition coefficient (Wildman–Crippen LogP) is 1.49. The van der Waals surface area contributed by atoms with Crippen LogP contribution in [-0.4, -0.2) is 37.5 Å². The van der Waals surface area contributed by atoms with Gasteiger partial charge in [0.05, 0.1) is 0 Å². The van der Waals surface area contributed by atoms with Crippen LogP contribution in [0.2, 0.25) is 0 Å². The maximum Gasteiger partial charge on any atom is 0.223 e. The molecule has 0 aliphatic heterocycles. The minimum absolute atomic E-state index is 0.258. The standard InChI is InChI=1S/C12H24N2O/c1-9(2)11(14(3)4)8-13-12(15)10-6-5-7-10/h9-11H,5-8H2,1-4H3,(H,13,15)/t11-/m1/s1. The van der Waals surface area contributed by atoms with Crippen LogP contribution in [0.1, 0.15) is 33.1 Å². The molecule has 1 aliphatic carbocycles. The van der Waals surface area contributed by atoms with E-state index in [4.69, 9.17) is 0 Å². The molecular weight excluding hydrogens is 188 g/mol. The average molecular weight is 212 g/mol. The first-order valence-corrected chi connectivity index (χ1v) is 5.96. The first-order chi connectivity index (χ1) is 7.02. The van der Waals surface area contributed by atoms with E-state index in [1.54, 1.807) is 0 Å². The Hall–Kier alpha value is -0.570. The van der Waals surface area contributed by atoms with Crippen LogP contribution in [0.15, 0.2) is 0 Å². The second kappa shape index (κ2) is 5.50. The molecule has 0 saturated heterocycles. The molecule has 0 spiro atoms. The summed E-state index contributed by atoms with van der Waals surface area (Å²) in [4.78, 5) is 13.8. The number of carbonyl (C=O) groups is 1. The topological polar surface area (TPSA) is 32.3 Å². The molecular formula is C12H24N2O. The molecule has 15 heavy (non-hydrogen) atoms.